The number of hydrogen-bond donors (Lipinski definition) is 0. The zero-order valence-electron chi connectivity index (χ0n) is 11.9. The predicted molar refractivity (Wildman–Crippen MR) is 104 cm³/mol. The monoisotopic (exact) mass is 353 g/mol. The number of thiocarbonyl (C=S) groups is 1. The number of nitrogens with zero attached hydrogens (tertiary/aromatic N) is 1. The molecule has 0 radical (unpaired) electrons. The second kappa shape index (κ2) is 5.92. The number of rotatable bonds is 2. The maximum Gasteiger partial charge on any atom is 0.270 e. The molecule has 4 rings (SSSR count). The molecule has 1 aliphatic rings. The minimum Gasteiger partial charge on any atom is -0.268 e. The van der Waals surface area contributed by atoms with E-state index in [9.17, 15) is 4.79 Å². The molecule has 23 heavy (non-hydrogen) atoms. The van der Waals surface area contributed by atoms with Gasteiger partial charge in [-0.15, -0.1) is 11.3 Å². The van der Waals surface area contributed by atoms with Crippen molar-refractivity contribution in [1.82, 2.24) is 0 Å². The Balaban J connectivity index is 1.73. The molecule has 1 fully saturated rings. The number of benzene rings is 2. The number of anilines is 1. The summed E-state index contributed by atoms with van der Waals surface area (Å²) in [6.45, 7) is 0. The summed E-state index contributed by atoms with van der Waals surface area (Å²) in [5.74, 6) is -0.0521. The maximum atomic E-state index is 12.7. The minimum absolute atomic E-state index is 0.0521. The molecule has 0 bridgehead atoms. The second-order valence-corrected chi connectivity index (χ2v) is 7.72. The molecule has 0 atom stereocenters. The fourth-order valence-electron chi connectivity index (χ4n) is 2.51. The lowest BCUT2D eigenvalue weighted by molar-refractivity contribution is -0.113. The summed E-state index contributed by atoms with van der Waals surface area (Å²) < 4.78 is 0.577. The van der Waals surface area contributed by atoms with Crippen molar-refractivity contribution in [3.63, 3.8) is 0 Å². The third kappa shape index (κ3) is 2.72. The smallest absolute Gasteiger partial charge is 0.268 e. The Morgan fingerprint density at radius 3 is 2.61 bits per heavy atom. The molecule has 2 heterocycles. The van der Waals surface area contributed by atoms with Crippen molar-refractivity contribution in [3.05, 3.63) is 69.8 Å². The van der Waals surface area contributed by atoms with Gasteiger partial charge in [0.2, 0.25) is 0 Å². The van der Waals surface area contributed by atoms with E-state index in [1.54, 1.807) is 16.2 Å². The first-order valence-corrected chi connectivity index (χ1v) is 9.13. The van der Waals surface area contributed by atoms with Gasteiger partial charge >= 0.3 is 0 Å². The van der Waals surface area contributed by atoms with E-state index in [2.05, 4.69) is 6.07 Å². The van der Waals surface area contributed by atoms with Crippen molar-refractivity contribution in [2.24, 2.45) is 0 Å². The van der Waals surface area contributed by atoms with E-state index in [1.165, 1.54) is 11.8 Å². The highest BCUT2D eigenvalue weighted by atomic mass is 32.2. The van der Waals surface area contributed by atoms with Gasteiger partial charge in [-0.1, -0.05) is 60.4 Å². The molecule has 0 aliphatic carbocycles. The van der Waals surface area contributed by atoms with Crippen LogP contribution < -0.4 is 4.90 Å². The van der Waals surface area contributed by atoms with Gasteiger partial charge in [0.25, 0.3) is 5.91 Å². The number of carbonyl (C=O) groups excluding carboxylic acids is 1. The molecule has 112 valence electrons. The van der Waals surface area contributed by atoms with Crippen LogP contribution in [0.25, 0.3) is 16.8 Å². The third-order valence-corrected chi connectivity index (χ3v) is 5.72. The van der Waals surface area contributed by atoms with E-state index < -0.39 is 0 Å². The fraction of sp³-hybridized carbons (Fsp3) is 0. The predicted octanol–water partition coefficient (Wildman–Crippen LogP) is 5.31. The molecule has 0 spiro atoms. The molecule has 3 aromatic rings. The highest BCUT2D eigenvalue weighted by Crippen LogP contribution is 2.37. The zero-order valence-corrected chi connectivity index (χ0v) is 14.4. The summed E-state index contributed by atoms with van der Waals surface area (Å²) >= 11 is 8.39. The first-order valence-electron chi connectivity index (χ1n) is 7.03. The van der Waals surface area contributed by atoms with Crippen molar-refractivity contribution < 1.29 is 4.79 Å². The largest absolute Gasteiger partial charge is 0.270 e. The molecule has 2 aromatic carbocycles. The lowest BCUT2D eigenvalue weighted by Gasteiger charge is -2.15. The Hall–Kier alpha value is -1.95. The first-order chi connectivity index (χ1) is 11.2. The molecule has 1 saturated heterocycles. The maximum absolute atomic E-state index is 12.7. The second-order valence-electron chi connectivity index (χ2n) is 5.06. The summed E-state index contributed by atoms with van der Waals surface area (Å²) in [6.07, 6.45) is 1.91. The van der Waals surface area contributed by atoms with Crippen molar-refractivity contribution in [2.45, 2.75) is 0 Å². The Kier molecular flexibility index (Phi) is 3.77. The summed E-state index contributed by atoms with van der Waals surface area (Å²) in [6, 6.07) is 18.0. The van der Waals surface area contributed by atoms with Crippen LogP contribution in [0.5, 0.6) is 0 Å². The Bertz CT molecular complexity index is 944. The van der Waals surface area contributed by atoms with Crippen LogP contribution in [0, 0.1) is 0 Å². The molecule has 1 amide bonds. The normalized spacial score (nSPS) is 16.7. The highest BCUT2D eigenvalue weighted by molar-refractivity contribution is 8.27. The molecule has 2 nitrogen and oxygen atoms in total. The van der Waals surface area contributed by atoms with Crippen LogP contribution in [0.15, 0.2) is 64.9 Å². The van der Waals surface area contributed by atoms with E-state index in [0.717, 1.165) is 21.3 Å². The lowest BCUT2D eigenvalue weighted by Crippen LogP contribution is -2.27. The quantitative estimate of drug-likeness (QED) is 0.460. The number of thiophene rings is 1. The zero-order chi connectivity index (χ0) is 15.8. The van der Waals surface area contributed by atoms with E-state index in [1.807, 2.05) is 60.0 Å². The van der Waals surface area contributed by atoms with Gasteiger partial charge in [0, 0.05) is 4.88 Å². The van der Waals surface area contributed by atoms with Gasteiger partial charge in [-0.25, -0.2) is 0 Å². The van der Waals surface area contributed by atoms with Crippen LogP contribution in [0.4, 0.5) is 5.69 Å². The van der Waals surface area contributed by atoms with Crippen molar-refractivity contribution in [3.8, 4) is 0 Å². The van der Waals surface area contributed by atoms with Crippen LogP contribution in [0.1, 0.15) is 4.88 Å². The molecule has 0 saturated carbocycles. The molecule has 0 N–H and O–H groups in total. The van der Waals surface area contributed by atoms with Gasteiger partial charge in [0.15, 0.2) is 4.32 Å². The van der Waals surface area contributed by atoms with Crippen LogP contribution in [-0.2, 0) is 4.79 Å². The van der Waals surface area contributed by atoms with Crippen LogP contribution in [0.3, 0.4) is 0 Å². The number of hydrogen-bond acceptors (Lipinski definition) is 4. The summed E-state index contributed by atoms with van der Waals surface area (Å²) in [5, 5.41) is 4.24. The SMILES string of the molecule is O=C1/C(=C/c2cccs2)SC(=S)N1c1ccc2ccccc2c1. The third-order valence-electron chi connectivity index (χ3n) is 3.60. The summed E-state index contributed by atoms with van der Waals surface area (Å²) in [4.78, 5) is 16.1. The van der Waals surface area contributed by atoms with Gasteiger partial charge in [-0.3, -0.25) is 9.69 Å². The highest BCUT2D eigenvalue weighted by Gasteiger charge is 2.33. The average molecular weight is 353 g/mol. The minimum atomic E-state index is -0.0521. The van der Waals surface area contributed by atoms with Crippen molar-refractivity contribution in [2.75, 3.05) is 4.90 Å². The van der Waals surface area contributed by atoms with Gasteiger partial charge in [0.1, 0.15) is 0 Å². The number of fused-ring (bicyclic) bond motifs is 1. The van der Waals surface area contributed by atoms with Gasteiger partial charge < -0.3 is 0 Å². The Morgan fingerprint density at radius 1 is 1.00 bits per heavy atom. The topological polar surface area (TPSA) is 20.3 Å². The van der Waals surface area contributed by atoms with E-state index in [-0.39, 0.29) is 5.91 Å². The Labute approximate surface area is 147 Å². The van der Waals surface area contributed by atoms with E-state index in [4.69, 9.17) is 12.2 Å². The van der Waals surface area contributed by atoms with E-state index >= 15 is 0 Å². The molecule has 1 aromatic heterocycles. The van der Waals surface area contributed by atoms with Gasteiger partial charge in [0.05, 0.1) is 10.6 Å². The summed E-state index contributed by atoms with van der Waals surface area (Å²) in [5.41, 5.74) is 0.820. The average Bonchev–Trinajstić information content (AvgIpc) is 3.16. The summed E-state index contributed by atoms with van der Waals surface area (Å²) in [7, 11) is 0. The number of thioether (sulfide) groups is 1. The van der Waals surface area contributed by atoms with Gasteiger partial charge in [-0.05, 0) is 40.4 Å². The fourth-order valence-corrected chi connectivity index (χ4v) is 4.53. The van der Waals surface area contributed by atoms with Crippen LogP contribution in [0.2, 0.25) is 0 Å². The van der Waals surface area contributed by atoms with Gasteiger partial charge in [-0.2, -0.15) is 0 Å². The number of amides is 1. The number of carbonyl (C=O) groups is 1. The van der Waals surface area contributed by atoms with E-state index in [0.29, 0.717) is 9.23 Å². The molecule has 5 heteroatoms. The molecular formula is C18H11NOS3. The van der Waals surface area contributed by atoms with Crippen LogP contribution in [-0.4, -0.2) is 10.2 Å². The van der Waals surface area contributed by atoms with Crippen LogP contribution >= 0.6 is 35.3 Å². The standard InChI is InChI=1S/C18H11NOS3/c20-17-16(11-15-6-3-9-22-15)23-18(21)19(17)14-8-7-12-4-1-2-5-13(12)10-14/h1-11H/b16-11-. The Morgan fingerprint density at radius 2 is 1.83 bits per heavy atom. The van der Waals surface area contributed by atoms with Crippen molar-refractivity contribution >= 4 is 68.1 Å². The molecule has 1 aliphatic heterocycles. The molecule has 0 unspecified atom stereocenters. The molecular weight excluding hydrogens is 342 g/mol. The first kappa shape index (κ1) is 14.6. The lowest BCUT2D eigenvalue weighted by atomic mass is 10.1. The van der Waals surface area contributed by atoms with Crippen molar-refractivity contribution in [1.29, 1.82) is 0 Å².